The fourth-order valence-corrected chi connectivity index (χ4v) is 4.61. The number of nitrogens with one attached hydrogen (secondary N) is 1. The molecule has 0 saturated heterocycles. The largest absolute Gasteiger partial charge is 0.325 e. The molecule has 0 unspecified atom stereocenters. The van der Waals surface area contributed by atoms with Crippen molar-refractivity contribution in [3.05, 3.63) is 101 Å². The molecule has 1 amide bonds. The lowest BCUT2D eigenvalue weighted by Crippen LogP contribution is -2.24. The molecule has 0 fully saturated rings. The van der Waals surface area contributed by atoms with Gasteiger partial charge in [0, 0.05) is 16.7 Å². The van der Waals surface area contributed by atoms with Gasteiger partial charge < -0.3 is 5.32 Å². The fraction of sp³-hybridized carbons (Fsp3) is 0.0800. The van der Waals surface area contributed by atoms with Gasteiger partial charge in [0.15, 0.2) is 16.7 Å². The van der Waals surface area contributed by atoms with Gasteiger partial charge in [-0.05, 0) is 24.6 Å². The molecule has 1 aliphatic carbocycles. The van der Waals surface area contributed by atoms with Gasteiger partial charge in [0.1, 0.15) is 6.33 Å². The molecule has 162 valence electrons. The van der Waals surface area contributed by atoms with Crippen molar-refractivity contribution in [1.82, 2.24) is 14.8 Å². The summed E-state index contributed by atoms with van der Waals surface area (Å²) in [4.78, 5) is 38.7. The zero-order valence-electron chi connectivity index (χ0n) is 17.6. The second-order valence-electron chi connectivity index (χ2n) is 7.54. The number of aryl methyl sites for hydroxylation is 1. The lowest BCUT2D eigenvalue weighted by Gasteiger charge is -2.20. The van der Waals surface area contributed by atoms with Crippen LogP contribution in [0.4, 0.5) is 5.69 Å². The first-order valence-corrected chi connectivity index (χ1v) is 11.2. The van der Waals surface area contributed by atoms with Crippen molar-refractivity contribution >= 4 is 34.9 Å². The quantitative estimate of drug-likeness (QED) is 0.402. The number of hydrogen-bond acceptors (Lipinski definition) is 6. The molecule has 1 aliphatic rings. The molecule has 0 bridgehead atoms. The number of ketones is 2. The summed E-state index contributed by atoms with van der Waals surface area (Å²) >= 11 is 1.24. The average molecular weight is 455 g/mol. The Morgan fingerprint density at radius 3 is 2.39 bits per heavy atom. The molecule has 0 atom stereocenters. The molecule has 1 N–H and O–H groups in total. The van der Waals surface area contributed by atoms with Gasteiger partial charge in [-0.2, -0.15) is 0 Å². The lowest BCUT2D eigenvalue weighted by atomic mass is 9.83. The van der Waals surface area contributed by atoms with Gasteiger partial charge in [0.05, 0.1) is 22.7 Å². The molecule has 3 aromatic carbocycles. The molecule has 0 radical (unpaired) electrons. The normalized spacial score (nSPS) is 12.3. The summed E-state index contributed by atoms with van der Waals surface area (Å²) in [5.74, 6) is -0.751. The van der Waals surface area contributed by atoms with Crippen molar-refractivity contribution in [2.45, 2.75) is 12.1 Å². The minimum atomic E-state index is -0.313. The van der Waals surface area contributed by atoms with E-state index in [4.69, 9.17) is 0 Å². The third-order valence-electron chi connectivity index (χ3n) is 5.45. The Balaban J connectivity index is 1.36. The van der Waals surface area contributed by atoms with Crippen molar-refractivity contribution in [3.63, 3.8) is 0 Å². The first kappa shape index (κ1) is 20.8. The van der Waals surface area contributed by atoms with Crippen LogP contribution in [0.25, 0.3) is 5.69 Å². The summed E-state index contributed by atoms with van der Waals surface area (Å²) in [7, 11) is 0. The zero-order valence-corrected chi connectivity index (χ0v) is 18.4. The van der Waals surface area contributed by atoms with Crippen LogP contribution in [-0.2, 0) is 4.79 Å². The Bertz CT molecular complexity index is 1430. The number of fused-ring (bicyclic) bond motifs is 2. The van der Waals surface area contributed by atoms with Crippen LogP contribution in [0.2, 0.25) is 0 Å². The van der Waals surface area contributed by atoms with Crippen LogP contribution in [0.15, 0.2) is 78.2 Å². The minimum absolute atomic E-state index is 0.0625. The van der Waals surface area contributed by atoms with E-state index in [1.54, 1.807) is 48.8 Å². The van der Waals surface area contributed by atoms with Gasteiger partial charge in [0.2, 0.25) is 5.91 Å². The molecule has 33 heavy (non-hydrogen) atoms. The molecule has 4 aromatic rings. The molecule has 0 aliphatic heterocycles. The standard InChI is InChI=1S/C25H18N4O3S/c1-15-7-2-5-12-20(15)29-14-26-28-25(29)33-13-21(30)27-19-11-6-10-18-22(19)24(32)17-9-4-3-8-16(17)23(18)31/h2-12,14H,13H2,1H3,(H,27,30). The number of anilines is 1. The third kappa shape index (κ3) is 3.74. The van der Waals surface area contributed by atoms with Gasteiger partial charge >= 0.3 is 0 Å². The molecule has 7 nitrogen and oxygen atoms in total. The zero-order chi connectivity index (χ0) is 22.9. The highest BCUT2D eigenvalue weighted by Gasteiger charge is 2.31. The van der Waals surface area contributed by atoms with Gasteiger partial charge in [-0.3, -0.25) is 19.0 Å². The highest BCUT2D eigenvalue weighted by molar-refractivity contribution is 7.99. The van der Waals surface area contributed by atoms with Crippen molar-refractivity contribution in [3.8, 4) is 5.69 Å². The van der Waals surface area contributed by atoms with Gasteiger partial charge in [-0.1, -0.05) is 66.4 Å². The minimum Gasteiger partial charge on any atom is -0.325 e. The maximum absolute atomic E-state index is 13.1. The average Bonchev–Trinajstić information content (AvgIpc) is 3.30. The Morgan fingerprint density at radius 1 is 0.909 bits per heavy atom. The van der Waals surface area contributed by atoms with Gasteiger partial charge in [-0.25, -0.2) is 0 Å². The Hall–Kier alpha value is -4.04. The van der Waals surface area contributed by atoms with E-state index >= 15 is 0 Å². The molecule has 5 rings (SSSR count). The highest BCUT2D eigenvalue weighted by Crippen LogP contribution is 2.32. The summed E-state index contributed by atoms with van der Waals surface area (Å²) in [5, 5.41) is 11.5. The number of aromatic nitrogens is 3. The van der Waals surface area contributed by atoms with Crippen LogP contribution in [0.3, 0.4) is 0 Å². The summed E-state index contributed by atoms with van der Waals surface area (Å²) in [6, 6.07) is 19.5. The summed E-state index contributed by atoms with van der Waals surface area (Å²) < 4.78 is 1.83. The first-order valence-electron chi connectivity index (χ1n) is 10.2. The number of rotatable bonds is 5. The number of carbonyl (C=O) groups excluding carboxylic acids is 3. The number of para-hydroxylation sites is 1. The van der Waals surface area contributed by atoms with E-state index in [0.717, 1.165) is 11.3 Å². The number of amides is 1. The van der Waals surface area contributed by atoms with Crippen LogP contribution in [-0.4, -0.2) is 38.0 Å². The van der Waals surface area contributed by atoms with E-state index in [9.17, 15) is 14.4 Å². The Labute approximate surface area is 193 Å². The van der Waals surface area contributed by atoms with Crippen molar-refractivity contribution in [2.75, 3.05) is 11.1 Å². The predicted octanol–water partition coefficient (Wildman–Crippen LogP) is 4.08. The topological polar surface area (TPSA) is 93.9 Å². The van der Waals surface area contributed by atoms with E-state index in [1.165, 1.54) is 11.8 Å². The summed E-state index contributed by atoms with van der Waals surface area (Å²) in [5.41, 5.74) is 3.56. The second-order valence-corrected chi connectivity index (χ2v) is 8.48. The number of benzene rings is 3. The number of nitrogens with zero attached hydrogens (tertiary/aromatic N) is 3. The van der Waals surface area contributed by atoms with Gasteiger partial charge in [-0.15, -0.1) is 10.2 Å². The van der Waals surface area contributed by atoms with E-state index in [1.807, 2.05) is 35.8 Å². The number of hydrogen-bond donors (Lipinski definition) is 1. The molecular weight excluding hydrogens is 436 g/mol. The number of thioether (sulfide) groups is 1. The van der Waals surface area contributed by atoms with Crippen molar-refractivity contribution in [1.29, 1.82) is 0 Å². The van der Waals surface area contributed by atoms with Crippen molar-refractivity contribution in [2.24, 2.45) is 0 Å². The summed E-state index contributed by atoms with van der Waals surface area (Å²) in [6.07, 6.45) is 1.61. The maximum atomic E-state index is 13.1. The van der Waals surface area contributed by atoms with Crippen LogP contribution in [0.5, 0.6) is 0 Å². The van der Waals surface area contributed by atoms with Crippen molar-refractivity contribution < 1.29 is 14.4 Å². The molecule has 0 spiro atoms. The lowest BCUT2D eigenvalue weighted by molar-refractivity contribution is -0.113. The van der Waals surface area contributed by atoms with Crippen LogP contribution in [0, 0.1) is 6.92 Å². The smallest absolute Gasteiger partial charge is 0.234 e. The predicted molar refractivity (Wildman–Crippen MR) is 125 cm³/mol. The monoisotopic (exact) mass is 454 g/mol. The maximum Gasteiger partial charge on any atom is 0.234 e. The fourth-order valence-electron chi connectivity index (χ4n) is 3.89. The molecule has 1 heterocycles. The highest BCUT2D eigenvalue weighted by atomic mass is 32.2. The molecule has 1 aromatic heterocycles. The van der Waals surface area contributed by atoms with E-state index in [0.29, 0.717) is 27.5 Å². The van der Waals surface area contributed by atoms with Crippen LogP contribution < -0.4 is 5.32 Å². The Kier molecular flexibility index (Phi) is 5.35. The number of carbonyl (C=O) groups is 3. The van der Waals surface area contributed by atoms with Crippen LogP contribution in [0.1, 0.15) is 37.4 Å². The molecule has 0 saturated carbocycles. The molecular formula is C25H18N4O3S. The second kappa shape index (κ2) is 8.48. The first-order chi connectivity index (χ1) is 16.0. The SMILES string of the molecule is Cc1ccccc1-n1cnnc1SCC(=O)Nc1cccc2c1C(=O)c1ccccc1C2=O. The van der Waals surface area contributed by atoms with Crippen LogP contribution >= 0.6 is 11.8 Å². The van der Waals surface area contributed by atoms with E-state index in [-0.39, 0.29) is 28.8 Å². The van der Waals surface area contributed by atoms with Gasteiger partial charge in [0.25, 0.3) is 0 Å². The molecule has 8 heteroatoms. The summed E-state index contributed by atoms with van der Waals surface area (Å²) in [6.45, 7) is 1.99. The Morgan fingerprint density at radius 2 is 1.61 bits per heavy atom. The van der Waals surface area contributed by atoms with E-state index < -0.39 is 0 Å². The van der Waals surface area contributed by atoms with E-state index in [2.05, 4.69) is 15.5 Å². The third-order valence-corrected chi connectivity index (χ3v) is 6.39.